The van der Waals surface area contributed by atoms with Crippen molar-refractivity contribution in [1.29, 1.82) is 0 Å². The molecule has 0 amide bonds. The summed E-state index contributed by atoms with van der Waals surface area (Å²) in [6.07, 6.45) is 0. The summed E-state index contributed by atoms with van der Waals surface area (Å²) < 4.78 is 0. The average molecular weight is 224 g/mol. The lowest BCUT2D eigenvalue weighted by Crippen LogP contribution is -1.95. The van der Waals surface area contributed by atoms with E-state index in [0.29, 0.717) is 5.92 Å². The molecule has 0 radical (unpaired) electrons. The van der Waals surface area contributed by atoms with E-state index in [1.54, 1.807) is 0 Å². The zero-order chi connectivity index (χ0) is 12.4. The van der Waals surface area contributed by atoms with Gasteiger partial charge in [0, 0.05) is 0 Å². The third-order valence-corrected chi connectivity index (χ3v) is 3.23. The molecule has 0 unspecified atom stereocenters. The molecule has 0 aliphatic rings. The van der Waals surface area contributed by atoms with Gasteiger partial charge in [-0.25, -0.2) is 0 Å². The van der Waals surface area contributed by atoms with E-state index in [2.05, 4.69) is 70.2 Å². The van der Waals surface area contributed by atoms with Crippen LogP contribution in [0.25, 0.3) is 11.1 Å². The zero-order valence-electron chi connectivity index (χ0n) is 11.1. The van der Waals surface area contributed by atoms with Crippen LogP contribution in [0.4, 0.5) is 0 Å². The SMILES string of the molecule is Cc1cccc(-c2c(C)cccc2C(C)C)c1. The molecule has 0 bridgehead atoms. The summed E-state index contributed by atoms with van der Waals surface area (Å²) in [6.45, 7) is 8.86. The zero-order valence-corrected chi connectivity index (χ0v) is 11.1. The summed E-state index contributed by atoms with van der Waals surface area (Å²) in [7, 11) is 0. The Hall–Kier alpha value is -1.56. The van der Waals surface area contributed by atoms with E-state index in [0.717, 1.165) is 0 Å². The van der Waals surface area contributed by atoms with Gasteiger partial charge in [-0.2, -0.15) is 0 Å². The maximum absolute atomic E-state index is 2.27. The van der Waals surface area contributed by atoms with Crippen LogP contribution in [-0.2, 0) is 0 Å². The van der Waals surface area contributed by atoms with Crippen LogP contribution < -0.4 is 0 Å². The van der Waals surface area contributed by atoms with E-state index >= 15 is 0 Å². The first-order valence-electron chi connectivity index (χ1n) is 6.26. The number of aryl methyl sites for hydroxylation is 2. The van der Waals surface area contributed by atoms with Gasteiger partial charge < -0.3 is 0 Å². The molecule has 17 heavy (non-hydrogen) atoms. The third kappa shape index (κ3) is 2.41. The van der Waals surface area contributed by atoms with Crippen molar-refractivity contribution in [1.82, 2.24) is 0 Å². The fourth-order valence-electron chi connectivity index (χ4n) is 2.37. The van der Waals surface area contributed by atoms with Crippen molar-refractivity contribution in [2.24, 2.45) is 0 Å². The van der Waals surface area contributed by atoms with Crippen molar-refractivity contribution in [3.8, 4) is 11.1 Å². The van der Waals surface area contributed by atoms with Crippen LogP contribution in [0.1, 0.15) is 36.5 Å². The lowest BCUT2D eigenvalue weighted by molar-refractivity contribution is 0.867. The van der Waals surface area contributed by atoms with Gasteiger partial charge in [0.1, 0.15) is 0 Å². The second-order valence-corrected chi connectivity index (χ2v) is 5.06. The molecule has 2 rings (SSSR count). The molecule has 0 nitrogen and oxygen atoms in total. The first-order valence-corrected chi connectivity index (χ1v) is 6.26. The highest BCUT2D eigenvalue weighted by atomic mass is 14.1. The third-order valence-electron chi connectivity index (χ3n) is 3.23. The van der Waals surface area contributed by atoms with Crippen molar-refractivity contribution in [3.63, 3.8) is 0 Å². The molecular weight excluding hydrogens is 204 g/mol. The Labute approximate surface area is 104 Å². The van der Waals surface area contributed by atoms with Crippen molar-refractivity contribution in [2.45, 2.75) is 33.6 Å². The molecule has 0 heterocycles. The van der Waals surface area contributed by atoms with E-state index in [1.165, 1.54) is 27.8 Å². The molecule has 88 valence electrons. The second-order valence-electron chi connectivity index (χ2n) is 5.06. The molecule has 0 aliphatic carbocycles. The van der Waals surface area contributed by atoms with Gasteiger partial charge in [-0.05, 0) is 42.0 Å². The summed E-state index contributed by atoms with van der Waals surface area (Å²) in [5.41, 5.74) is 6.87. The first kappa shape index (κ1) is 11.9. The van der Waals surface area contributed by atoms with Gasteiger partial charge in [-0.3, -0.25) is 0 Å². The fourth-order valence-corrected chi connectivity index (χ4v) is 2.37. The summed E-state index contributed by atoms with van der Waals surface area (Å²) in [6, 6.07) is 15.4. The molecule has 0 spiro atoms. The van der Waals surface area contributed by atoms with E-state index in [9.17, 15) is 0 Å². The Kier molecular flexibility index (Phi) is 3.33. The monoisotopic (exact) mass is 224 g/mol. The van der Waals surface area contributed by atoms with E-state index < -0.39 is 0 Å². The minimum atomic E-state index is 0.561. The lowest BCUT2D eigenvalue weighted by atomic mass is 9.89. The summed E-state index contributed by atoms with van der Waals surface area (Å²) in [5, 5.41) is 0. The normalized spacial score (nSPS) is 10.9. The average Bonchev–Trinajstić information content (AvgIpc) is 2.28. The molecule has 0 saturated heterocycles. The molecule has 0 aliphatic heterocycles. The van der Waals surface area contributed by atoms with Crippen molar-refractivity contribution < 1.29 is 0 Å². The molecule has 0 fully saturated rings. The minimum Gasteiger partial charge on any atom is -0.0617 e. The van der Waals surface area contributed by atoms with Gasteiger partial charge in [0.15, 0.2) is 0 Å². The van der Waals surface area contributed by atoms with Crippen LogP contribution in [0.3, 0.4) is 0 Å². The van der Waals surface area contributed by atoms with E-state index in [1.807, 2.05) is 0 Å². The lowest BCUT2D eigenvalue weighted by Gasteiger charge is -2.16. The summed E-state index contributed by atoms with van der Waals surface area (Å²) >= 11 is 0. The summed E-state index contributed by atoms with van der Waals surface area (Å²) in [4.78, 5) is 0. The molecule has 0 heteroatoms. The summed E-state index contributed by atoms with van der Waals surface area (Å²) in [5.74, 6) is 0.561. The Bertz CT molecular complexity index is 521. The largest absolute Gasteiger partial charge is 0.0617 e. The smallest absolute Gasteiger partial charge is 0.0120 e. The van der Waals surface area contributed by atoms with Gasteiger partial charge in [0.25, 0.3) is 0 Å². The van der Waals surface area contributed by atoms with Gasteiger partial charge in [0.05, 0.1) is 0 Å². The minimum absolute atomic E-state index is 0.561. The van der Waals surface area contributed by atoms with Gasteiger partial charge in [-0.1, -0.05) is 61.9 Å². The standard InChI is InChI=1S/C17H20/c1-12(2)16-10-6-8-14(4)17(16)15-9-5-7-13(3)11-15/h5-12H,1-4H3. The van der Waals surface area contributed by atoms with Crippen molar-refractivity contribution in [2.75, 3.05) is 0 Å². The maximum atomic E-state index is 2.27. The number of benzene rings is 2. The highest BCUT2D eigenvalue weighted by Gasteiger charge is 2.10. The molecule has 0 atom stereocenters. The molecule has 2 aromatic rings. The van der Waals surface area contributed by atoms with Gasteiger partial charge in [0.2, 0.25) is 0 Å². The molecule has 2 aromatic carbocycles. The van der Waals surface area contributed by atoms with Gasteiger partial charge in [-0.15, -0.1) is 0 Å². The van der Waals surface area contributed by atoms with Crippen LogP contribution >= 0.6 is 0 Å². The van der Waals surface area contributed by atoms with E-state index in [4.69, 9.17) is 0 Å². The highest BCUT2D eigenvalue weighted by molar-refractivity contribution is 5.72. The Morgan fingerprint density at radius 3 is 2.24 bits per heavy atom. The Balaban J connectivity index is 2.65. The van der Waals surface area contributed by atoms with Crippen LogP contribution in [0, 0.1) is 13.8 Å². The quantitative estimate of drug-likeness (QED) is 0.666. The molecular formula is C17H20. The molecule has 0 aromatic heterocycles. The van der Waals surface area contributed by atoms with E-state index in [-0.39, 0.29) is 0 Å². The Morgan fingerprint density at radius 1 is 0.882 bits per heavy atom. The molecule has 0 N–H and O–H groups in total. The highest BCUT2D eigenvalue weighted by Crippen LogP contribution is 2.32. The fraction of sp³-hybridized carbons (Fsp3) is 0.294. The molecule has 0 saturated carbocycles. The van der Waals surface area contributed by atoms with Crippen LogP contribution in [0.15, 0.2) is 42.5 Å². The number of hydrogen-bond acceptors (Lipinski definition) is 0. The predicted molar refractivity (Wildman–Crippen MR) is 75.4 cm³/mol. The van der Waals surface area contributed by atoms with Crippen LogP contribution in [0.2, 0.25) is 0 Å². The topological polar surface area (TPSA) is 0 Å². The predicted octanol–water partition coefficient (Wildman–Crippen LogP) is 5.09. The van der Waals surface area contributed by atoms with Crippen molar-refractivity contribution in [3.05, 3.63) is 59.2 Å². The number of hydrogen-bond donors (Lipinski definition) is 0. The van der Waals surface area contributed by atoms with Gasteiger partial charge >= 0.3 is 0 Å². The van der Waals surface area contributed by atoms with Crippen LogP contribution in [-0.4, -0.2) is 0 Å². The van der Waals surface area contributed by atoms with Crippen LogP contribution in [0.5, 0.6) is 0 Å². The number of rotatable bonds is 2. The second kappa shape index (κ2) is 4.75. The van der Waals surface area contributed by atoms with Crippen molar-refractivity contribution >= 4 is 0 Å². The first-order chi connectivity index (χ1) is 8.09. The Morgan fingerprint density at radius 2 is 1.59 bits per heavy atom. The maximum Gasteiger partial charge on any atom is -0.0120 e.